The number of amides is 1. The van der Waals surface area contributed by atoms with Crippen LogP contribution in [0.3, 0.4) is 0 Å². The summed E-state index contributed by atoms with van der Waals surface area (Å²) in [5.41, 5.74) is 3.22. The average Bonchev–Trinajstić information content (AvgIpc) is 2.97. The Hall–Kier alpha value is -3.33. The van der Waals surface area contributed by atoms with Crippen LogP contribution in [-0.2, 0) is 18.0 Å². The van der Waals surface area contributed by atoms with E-state index in [-0.39, 0.29) is 5.57 Å². The van der Waals surface area contributed by atoms with Gasteiger partial charge in [-0.3, -0.25) is 4.79 Å². The largest absolute Gasteiger partial charge is 0.490 e. The van der Waals surface area contributed by atoms with Gasteiger partial charge in [-0.1, -0.05) is 56.1 Å². The van der Waals surface area contributed by atoms with E-state index < -0.39 is 5.91 Å². The number of nitrogens with zero attached hydrogens (tertiary/aromatic N) is 1. The third kappa shape index (κ3) is 9.08. The zero-order valence-electron chi connectivity index (χ0n) is 22.0. The normalized spacial score (nSPS) is 11.0. The molecule has 0 saturated heterocycles. The van der Waals surface area contributed by atoms with Crippen LogP contribution in [0.2, 0.25) is 0 Å². The van der Waals surface area contributed by atoms with Crippen LogP contribution in [0.5, 0.6) is 17.2 Å². The molecule has 9 heteroatoms. The van der Waals surface area contributed by atoms with Crippen LogP contribution in [-0.4, -0.2) is 12.5 Å². The van der Waals surface area contributed by atoms with Crippen molar-refractivity contribution in [3.05, 3.63) is 120 Å². The monoisotopic (exact) mass is 786 g/mol. The van der Waals surface area contributed by atoms with Gasteiger partial charge in [0.15, 0.2) is 11.5 Å². The maximum atomic E-state index is 12.9. The van der Waals surface area contributed by atoms with E-state index in [0.717, 1.165) is 23.6 Å². The lowest BCUT2D eigenvalue weighted by atomic mass is 10.1. The standard InChI is InChI=1S/C32H25Br2IN2O4/c1-2-39-30-17-23(16-29(35)31(30)41-20-22-5-9-26(34)10-6-22)15-24(18-36)32(38)37-27-11-13-28(14-12-27)40-19-21-3-7-25(33)8-4-21/h3-17H,2,19-20H2,1H3,(H,37,38)/b24-15+. The highest BCUT2D eigenvalue weighted by molar-refractivity contribution is 14.1. The van der Waals surface area contributed by atoms with Crippen molar-refractivity contribution in [1.29, 1.82) is 5.26 Å². The molecule has 0 heterocycles. The molecule has 4 rings (SSSR count). The summed E-state index contributed by atoms with van der Waals surface area (Å²) in [4.78, 5) is 12.9. The molecule has 4 aromatic carbocycles. The molecule has 0 fully saturated rings. The zero-order chi connectivity index (χ0) is 29.2. The fourth-order valence-corrected chi connectivity index (χ4v) is 5.02. The molecule has 0 unspecified atom stereocenters. The number of carbonyl (C=O) groups is 1. The first kappa shape index (κ1) is 30.6. The second-order valence-electron chi connectivity index (χ2n) is 8.74. The van der Waals surface area contributed by atoms with Crippen molar-refractivity contribution in [1.82, 2.24) is 0 Å². The van der Waals surface area contributed by atoms with Crippen LogP contribution in [0.25, 0.3) is 6.08 Å². The van der Waals surface area contributed by atoms with Gasteiger partial charge < -0.3 is 19.5 Å². The van der Waals surface area contributed by atoms with Gasteiger partial charge in [-0.25, -0.2) is 0 Å². The van der Waals surface area contributed by atoms with Crippen LogP contribution in [0, 0.1) is 14.9 Å². The number of anilines is 1. The minimum absolute atomic E-state index is 0.0395. The Labute approximate surface area is 269 Å². The SMILES string of the molecule is CCOc1cc(/C=C(\C#N)C(=O)Nc2ccc(OCc3ccc(Br)cc3)cc2)cc(I)c1OCc1ccc(Br)cc1. The quantitative estimate of drug-likeness (QED) is 0.0934. The Morgan fingerprint density at radius 3 is 2.02 bits per heavy atom. The summed E-state index contributed by atoms with van der Waals surface area (Å²) < 4.78 is 20.6. The lowest BCUT2D eigenvalue weighted by Gasteiger charge is -2.15. The average molecular weight is 788 g/mol. The van der Waals surface area contributed by atoms with Crippen LogP contribution >= 0.6 is 54.5 Å². The van der Waals surface area contributed by atoms with Crippen molar-refractivity contribution in [3.8, 4) is 23.3 Å². The lowest BCUT2D eigenvalue weighted by Crippen LogP contribution is -2.13. The number of halogens is 3. The minimum Gasteiger partial charge on any atom is -0.490 e. The van der Waals surface area contributed by atoms with E-state index in [2.05, 4.69) is 59.8 Å². The smallest absolute Gasteiger partial charge is 0.266 e. The number of ether oxygens (including phenoxy) is 3. The first-order chi connectivity index (χ1) is 19.8. The summed E-state index contributed by atoms with van der Waals surface area (Å²) in [5, 5.41) is 12.5. The predicted octanol–water partition coefficient (Wildman–Crippen LogP) is 8.92. The highest BCUT2D eigenvalue weighted by atomic mass is 127. The molecular formula is C32H25Br2IN2O4. The van der Waals surface area contributed by atoms with Crippen LogP contribution in [0.1, 0.15) is 23.6 Å². The molecule has 1 amide bonds. The molecule has 6 nitrogen and oxygen atoms in total. The summed E-state index contributed by atoms with van der Waals surface area (Å²) in [7, 11) is 0. The summed E-state index contributed by atoms with van der Waals surface area (Å²) in [6.45, 7) is 3.13. The molecule has 0 aliphatic rings. The topological polar surface area (TPSA) is 80.6 Å². The van der Waals surface area contributed by atoms with Gasteiger partial charge in [0.1, 0.15) is 30.6 Å². The molecule has 4 aromatic rings. The van der Waals surface area contributed by atoms with Crippen molar-refractivity contribution < 1.29 is 19.0 Å². The van der Waals surface area contributed by atoms with Gasteiger partial charge in [-0.05, 0) is 113 Å². The van der Waals surface area contributed by atoms with Crippen molar-refractivity contribution in [2.24, 2.45) is 0 Å². The maximum absolute atomic E-state index is 12.9. The molecule has 41 heavy (non-hydrogen) atoms. The van der Waals surface area contributed by atoms with Crippen molar-refractivity contribution in [2.75, 3.05) is 11.9 Å². The van der Waals surface area contributed by atoms with Gasteiger partial charge in [-0.2, -0.15) is 5.26 Å². The van der Waals surface area contributed by atoms with E-state index in [0.29, 0.717) is 48.3 Å². The molecule has 0 aromatic heterocycles. The van der Waals surface area contributed by atoms with Crippen molar-refractivity contribution in [3.63, 3.8) is 0 Å². The first-order valence-electron chi connectivity index (χ1n) is 12.6. The highest BCUT2D eigenvalue weighted by Crippen LogP contribution is 2.35. The summed E-state index contributed by atoms with van der Waals surface area (Å²) in [6, 6.07) is 28.4. The van der Waals surface area contributed by atoms with Gasteiger partial charge in [0.25, 0.3) is 5.91 Å². The molecule has 0 aliphatic heterocycles. The van der Waals surface area contributed by atoms with E-state index in [9.17, 15) is 10.1 Å². The van der Waals surface area contributed by atoms with Gasteiger partial charge >= 0.3 is 0 Å². The van der Waals surface area contributed by atoms with Gasteiger partial charge in [0.2, 0.25) is 0 Å². The van der Waals surface area contributed by atoms with Crippen LogP contribution in [0.15, 0.2) is 99.4 Å². The number of hydrogen-bond acceptors (Lipinski definition) is 5. The zero-order valence-corrected chi connectivity index (χ0v) is 27.3. The molecule has 0 saturated carbocycles. The summed E-state index contributed by atoms with van der Waals surface area (Å²) >= 11 is 9.03. The van der Waals surface area contributed by atoms with Crippen molar-refractivity contribution in [2.45, 2.75) is 20.1 Å². The second-order valence-corrected chi connectivity index (χ2v) is 11.7. The molecule has 0 spiro atoms. The molecule has 0 radical (unpaired) electrons. The van der Waals surface area contributed by atoms with Gasteiger partial charge in [0.05, 0.1) is 10.2 Å². The van der Waals surface area contributed by atoms with E-state index >= 15 is 0 Å². The number of nitrogens with one attached hydrogen (secondary N) is 1. The van der Waals surface area contributed by atoms with E-state index in [1.807, 2.05) is 67.6 Å². The number of nitriles is 1. The van der Waals surface area contributed by atoms with E-state index in [4.69, 9.17) is 14.2 Å². The van der Waals surface area contributed by atoms with Crippen LogP contribution < -0.4 is 19.5 Å². The number of hydrogen-bond donors (Lipinski definition) is 1. The fraction of sp³-hybridized carbons (Fsp3) is 0.125. The first-order valence-corrected chi connectivity index (χ1v) is 15.2. The van der Waals surface area contributed by atoms with Gasteiger partial charge in [-0.15, -0.1) is 0 Å². The third-order valence-electron chi connectivity index (χ3n) is 5.74. The Bertz CT molecular complexity index is 1570. The molecular weight excluding hydrogens is 763 g/mol. The molecule has 0 atom stereocenters. The maximum Gasteiger partial charge on any atom is 0.266 e. The van der Waals surface area contributed by atoms with E-state index in [1.165, 1.54) is 6.08 Å². The Balaban J connectivity index is 1.43. The molecule has 1 N–H and O–H groups in total. The molecule has 208 valence electrons. The fourth-order valence-electron chi connectivity index (χ4n) is 3.71. The molecule has 0 bridgehead atoms. The van der Waals surface area contributed by atoms with Gasteiger partial charge in [0, 0.05) is 14.6 Å². The number of carbonyl (C=O) groups excluding carboxylic acids is 1. The lowest BCUT2D eigenvalue weighted by molar-refractivity contribution is -0.112. The Morgan fingerprint density at radius 2 is 1.46 bits per heavy atom. The summed E-state index contributed by atoms with van der Waals surface area (Å²) in [6.07, 6.45) is 1.54. The van der Waals surface area contributed by atoms with E-state index in [1.54, 1.807) is 30.3 Å². The highest BCUT2D eigenvalue weighted by Gasteiger charge is 2.15. The minimum atomic E-state index is -0.514. The number of rotatable bonds is 11. The number of benzene rings is 4. The predicted molar refractivity (Wildman–Crippen MR) is 176 cm³/mol. The Morgan fingerprint density at radius 1 is 0.878 bits per heavy atom. The van der Waals surface area contributed by atoms with Crippen molar-refractivity contribution >= 4 is 72.1 Å². The Kier molecular flexibility index (Phi) is 11.2. The van der Waals surface area contributed by atoms with Crippen LogP contribution in [0.4, 0.5) is 5.69 Å². The summed E-state index contributed by atoms with van der Waals surface area (Å²) in [5.74, 6) is 1.30. The third-order valence-corrected chi connectivity index (χ3v) is 7.59. The second kappa shape index (κ2) is 15.1. The molecule has 0 aliphatic carbocycles.